The van der Waals surface area contributed by atoms with E-state index >= 15 is 0 Å². The van der Waals surface area contributed by atoms with Gasteiger partial charge in [-0.3, -0.25) is 0 Å². The van der Waals surface area contributed by atoms with Gasteiger partial charge in [-0.1, -0.05) is 12.5 Å². The normalized spacial score (nSPS) is 24.4. The molecule has 1 aromatic rings. The van der Waals surface area contributed by atoms with Gasteiger partial charge in [0.2, 0.25) is 0 Å². The summed E-state index contributed by atoms with van der Waals surface area (Å²) in [6.07, 6.45) is 7.41. The summed E-state index contributed by atoms with van der Waals surface area (Å²) in [5.41, 5.74) is 4.05. The quantitative estimate of drug-likeness (QED) is 0.728. The maximum atomic E-state index is 10.2. The summed E-state index contributed by atoms with van der Waals surface area (Å²) in [6, 6.07) is 4.32. The van der Waals surface area contributed by atoms with Gasteiger partial charge >= 0.3 is 0 Å². The number of rotatable bonds is 1. The number of nitrogens with one attached hydrogen (secondary N) is 1. The van der Waals surface area contributed by atoms with Gasteiger partial charge in [0, 0.05) is 12.5 Å². The second kappa shape index (κ2) is 4.69. The second-order valence-corrected chi connectivity index (χ2v) is 5.43. The maximum absolute atomic E-state index is 10.2. The van der Waals surface area contributed by atoms with Crippen molar-refractivity contribution in [3.8, 4) is 5.75 Å². The van der Waals surface area contributed by atoms with Crippen molar-refractivity contribution in [2.24, 2.45) is 0 Å². The highest BCUT2D eigenvalue weighted by atomic mass is 16.3. The Balaban J connectivity index is 1.96. The molecule has 0 spiro atoms. The van der Waals surface area contributed by atoms with Gasteiger partial charge in [-0.15, -0.1) is 0 Å². The molecule has 1 aliphatic heterocycles. The smallest absolute Gasteiger partial charge is 0.119 e. The van der Waals surface area contributed by atoms with E-state index in [-0.39, 0.29) is 0 Å². The Morgan fingerprint density at radius 2 is 1.82 bits per heavy atom. The van der Waals surface area contributed by atoms with Crippen molar-refractivity contribution in [1.29, 1.82) is 0 Å². The Bertz CT molecular complexity index is 408. The average molecular weight is 231 g/mol. The number of aryl methyl sites for hydroxylation is 2. The van der Waals surface area contributed by atoms with E-state index in [1.807, 2.05) is 6.07 Å². The summed E-state index contributed by atoms with van der Waals surface area (Å²) in [4.78, 5) is 0. The molecule has 92 valence electrons. The highest BCUT2D eigenvalue weighted by Crippen LogP contribution is 2.34. The van der Waals surface area contributed by atoms with E-state index in [0.29, 0.717) is 11.7 Å². The van der Waals surface area contributed by atoms with Crippen LogP contribution >= 0.6 is 0 Å². The van der Waals surface area contributed by atoms with Crippen LogP contribution in [0.5, 0.6) is 5.75 Å². The molecule has 2 aliphatic rings. The van der Waals surface area contributed by atoms with Crippen LogP contribution < -0.4 is 5.32 Å². The van der Waals surface area contributed by atoms with Gasteiger partial charge in [-0.05, 0) is 61.4 Å². The average Bonchev–Trinajstić information content (AvgIpc) is 2.75. The first-order valence-electron chi connectivity index (χ1n) is 6.90. The number of phenols is 1. The van der Waals surface area contributed by atoms with Gasteiger partial charge in [0.05, 0.1) is 0 Å². The monoisotopic (exact) mass is 231 g/mol. The van der Waals surface area contributed by atoms with Crippen LogP contribution in [-0.4, -0.2) is 18.2 Å². The number of benzene rings is 1. The lowest BCUT2D eigenvalue weighted by Crippen LogP contribution is -2.08. The Morgan fingerprint density at radius 3 is 2.53 bits per heavy atom. The van der Waals surface area contributed by atoms with Crippen LogP contribution in [0.1, 0.15) is 48.3 Å². The van der Waals surface area contributed by atoms with Crippen molar-refractivity contribution in [3.63, 3.8) is 0 Å². The van der Waals surface area contributed by atoms with Crippen molar-refractivity contribution in [2.75, 3.05) is 13.1 Å². The largest absolute Gasteiger partial charge is 0.508 e. The van der Waals surface area contributed by atoms with Crippen molar-refractivity contribution in [3.05, 3.63) is 28.8 Å². The molecule has 0 bridgehead atoms. The molecule has 1 aromatic carbocycles. The first-order valence-corrected chi connectivity index (χ1v) is 6.90. The molecule has 1 heterocycles. The highest BCUT2D eigenvalue weighted by Gasteiger charge is 2.21. The third-order valence-electron chi connectivity index (χ3n) is 4.24. The van der Waals surface area contributed by atoms with Gasteiger partial charge < -0.3 is 10.4 Å². The zero-order chi connectivity index (χ0) is 11.7. The first kappa shape index (κ1) is 11.1. The Morgan fingerprint density at radius 1 is 1.06 bits per heavy atom. The zero-order valence-electron chi connectivity index (χ0n) is 10.3. The number of hydrogen-bond donors (Lipinski definition) is 2. The van der Waals surface area contributed by atoms with Gasteiger partial charge in [0.15, 0.2) is 0 Å². The van der Waals surface area contributed by atoms with Crippen molar-refractivity contribution in [1.82, 2.24) is 5.32 Å². The number of aromatic hydroxyl groups is 1. The molecule has 0 radical (unpaired) electrons. The number of hydrogen-bond acceptors (Lipinski definition) is 2. The van der Waals surface area contributed by atoms with Crippen LogP contribution in [-0.2, 0) is 12.8 Å². The fourth-order valence-corrected chi connectivity index (χ4v) is 3.22. The summed E-state index contributed by atoms with van der Waals surface area (Å²) in [5, 5.41) is 13.6. The Labute approximate surface area is 103 Å². The minimum Gasteiger partial charge on any atom is -0.508 e. The highest BCUT2D eigenvalue weighted by molar-refractivity contribution is 5.45. The van der Waals surface area contributed by atoms with Gasteiger partial charge in [0.1, 0.15) is 5.75 Å². The van der Waals surface area contributed by atoms with Crippen LogP contribution in [0.25, 0.3) is 0 Å². The molecule has 2 N–H and O–H groups in total. The fourth-order valence-electron chi connectivity index (χ4n) is 3.22. The second-order valence-electron chi connectivity index (χ2n) is 5.43. The molecule has 2 nitrogen and oxygen atoms in total. The summed E-state index contributed by atoms with van der Waals surface area (Å²) in [6.45, 7) is 2.10. The molecular formula is C15H21NO. The molecule has 2 heteroatoms. The summed E-state index contributed by atoms with van der Waals surface area (Å²) >= 11 is 0. The van der Waals surface area contributed by atoms with Crippen molar-refractivity contribution >= 4 is 0 Å². The summed E-state index contributed by atoms with van der Waals surface area (Å²) in [5.74, 6) is 1.04. The number of fused-ring (bicyclic) bond motifs is 1. The van der Waals surface area contributed by atoms with Crippen LogP contribution in [0.15, 0.2) is 12.1 Å². The Kier molecular flexibility index (Phi) is 3.06. The minimum absolute atomic E-state index is 0.517. The third-order valence-corrected chi connectivity index (χ3v) is 4.24. The third kappa shape index (κ3) is 2.19. The molecule has 1 saturated heterocycles. The zero-order valence-corrected chi connectivity index (χ0v) is 10.3. The van der Waals surface area contributed by atoms with E-state index in [1.54, 1.807) is 0 Å². The standard InChI is InChI=1S/C15H21NO/c17-15-9-12-5-3-1-2-4-11(12)8-14(15)13-6-7-16-10-13/h8-9,13,16-17H,1-7,10H2. The molecule has 1 atom stereocenters. The first-order chi connectivity index (χ1) is 8.34. The SMILES string of the molecule is Oc1cc2c(cc1C1CCNC1)CCCCC2. The van der Waals surface area contributed by atoms with E-state index < -0.39 is 0 Å². The molecule has 0 saturated carbocycles. The van der Waals surface area contributed by atoms with Gasteiger partial charge in [-0.25, -0.2) is 0 Å². The lowest BCUT2D eigenvalue weighted by molar-refractivity contribution is 0.461. The van der Waals surface area contributed by atoms with Crippen molar-refractivity contribution in [2.45, 2.75) is 44.4 Å². The van der Waals surface area contributed by atoms with Crippen molar-refractivity contribution < 1.29 is 5.11 Å². The number of phenolic OH excluding ortho intramolecular Hbond substituents is 1. The molecule has 1 fully saturated rings. The fraction of sp³-hybridized carbons (Fsp3) is 0.600. The molecule has 1 unspecified atom stereocenters. The minimum atomic E-state index is 0.517. The Hall–Kier alpha value is -1.02. The molecular weight excluding hydrogens is 210 g/mol. The lowest BCUT2D eigenvalue weighted by Gasteiger charge is -2.15. The van der Waals surface area contributed by atoms with Crippen LogP contribution in [0, 0.1) is 0 Å². The predicted molar refractivity (Wildman–Crippen MR) is 69.6 cm³/mol. The van der Waals surface area contributed by atoms with E-state index in [4.69, 9.17) is 0 Å². The molecule has 1 aliphatic carbocycles. The lowest BCUT2D eigenvalue weighted by atomic mass is 9.91. The predicted octanol–water partition coefficient (Wildman–Crippen LogP) is 2.74. The molecule has 0 amide bonds. The van der Waals surface area contributed by atoms with E-state index in [2.05, 4.69) is 11.4 Å². The van der Waals surface area contributed by atoms with Gasteiger partial charge in [0.25, 0.3) is 0 Å². The van der Waals surface area contributed by atoms with Crippen LogP contribution in [0.2, 0.25) is 0 Å². The van der Waals surface area contributed by atoms with E-state index in [1.165, 1.54) is 42.4 Å². The molecule has 0 aromatic heterocycles. The van der Waals surface area contributed by atoms with Crippen LogP contribution in [0.4, 0.5) is 0 Å². The summed E-state index contributed by atoms with van der Waals surface area (Å²) in [7, 11) is 0. The van der Waals surface area contributed by atoms with E-state index in [0.717, 1.165) is 25.9 Å². The van der Waals surface area contributed by atoms with Crippen LogP contribution in [0.3, 0.4) is 0 Å². The van der Waals surface area contributed by atoms with E-state index in [9.17, 15) is 5.11 Å². The maximum Gasteiger partial charge on any atom is 0.119 e. The molecule has 3 rings (SSSR count). The summed E-state index contributed by atoms with van der Waals surface area (Å²) < 4.78 is 0. The molecule has 17 heavy (non-hydrogen) atoms. The topological polar surface area (TPSA) is 32.3 Å². The van der Waals surface area contributed by atoms with Gasteiger partial charge in [-0.2, -0.15) is 0 Å².